The van der Waals surface area contributed by atoms with Crippen LogP contribution in [0.25, 0.3) is 0 Å². The zero-order chi connectivity index (χ0) is 19.1. The Kier molecular flexibility index (Phi) is 8.38. The molecule has 1 amide bonds. The number of aliphatic imine (C=N–C) groups is 1. The SMILES string of the molecule is CN=C(NCC(C)(C)SC)NC1CCC(NC(=O)OC(C)(C)C)CC1. The summed E-state index contributed by atoms with van der Waals surface area (Å²) >= 11 is 1.84. The van der Waals surface area contributed by atoms with Crippen LogP contribution in [0.15, 0.2) is 4.99 Å². The van der Waals surface area contributed by atoms with E-state index in [2.05, 4.69) is 41.0 Å². The van der Waals surface area contributed by atoms with Crippen LogP contribution >= 0.6 is 11.8 Å². The van der Waals surface area contributed by atoms with Crippen LogP contribution in [0.1, 0.15) is 60.3 Å². The van der Waals surface area contributed by atoms with Crippen molar-refractivity contribution in [3.8, 4) is 0 Å². The van der Waals surface area contributed by atoms with Crippen LogP contribution in [0, 0.1) is 0 Å². The van der Waals surface area contributed by atoms with Gasteiger partial charge in [0.15, 0.2) is 5.96 Å². The second-order valence-corrected chi connectivity index (χ2v) is 9.74. The van der Waals surface area contributed by atoms with Crippen LogP contribution in [0.4, 0.5) is 4.79 Å². The molecule has 0 saturated heterocycles. The molecule has 1 fully saturated rings. The van der Waals surface area contributed by atoms with Crippen LogP contribution in [0.3, 0.4) is 0 Å². The Morgan fingerprint density at radius 3 is 2.04 bits per heavy atom. The molecule has 0 unspecified atom stereocenters. The molecule has 0 bridgehead atoms. The molecule has 0 aromatic carbocycles. The maximum Gasteiger partial charge on any atom is 0.407 e. The second-order valence-electron chi connectivity index (χ2n) is 8.23. The van der Waals surface area contributed by atoms with Crippen LogP contribution in [0.5, 0.6) is 0 Å². The van der Waals surface area contributed by atoms with E-state index in [1.807, 2.05) is 32.5 Å². The monoisotopic (exact) mass is 372 g/mol. The topological polar surface area (TPSA) is 74.8 Å². The molecule has 0 aromatic rings. The molecule has 0 heterocycles. The maximum atomic E-state index is 11.9. The van der Waals surface area contributed by atoms with E-state index in [4.69, 9.17) is 4.74 Å². The third kappa shape index (κ3) is 9.23. The molecular weight excluding hydrogens is 336 g/mol. The van der Waals surface area contributed by atoms with Crippen molar-refractivity contribution >= 4 is 23.8 Å². The van der Waals surface area contributed by atoms with Gasteiger partial charge in [-0.15, -0.1) is 0 Å². The fourth-order valence-electron chi connectivity index (χ4n) is 2.61. The number of guanidine groups is 1. The maximum absolute atomic E-state index is 11.9. The summed E-state index contributed by atoms with van der Waals surface area (Å²) in [5, 5.41) is 9.88. The highest BCUT2D eigenvalue weighted by Gasteiger charge is 2.25. The van der Waals surface area contributed by atoms with Gasteiger partial charge in [0.1, 0.15) is 5.60 Å². The van der Waals surface area contributed by atoms with E-state index in [0.717, 1.165) is 38.2 Å². The molecule has 7 heteroatoms. The highest BCUT2D eigenvalue weighted by atomic mass is 32.2. The number of thioether (sulfide) groups is 1. The number of nitrogens with zero attached hydrogens (tertiary/aromatic N) is 1. The first-order chi connectivity index (χ1) is 11.5. The number of hydrogen-bond acceptors (Lipinski definition) is 4. The first-order valence-electron chi connectivity index (χ1n) is 9.06. The number of hydrogen-bond donors (Lipinski definition) is 3. The van der Waals surface area contributed by atoms with Crippen molar-refractivity contribution in [2.45, 2.75) is 82.7 Å². The summed E-state index contributed by atoms with van der Waals surface area (Å²) in [5.41, 5.74) is -0.453. The van der Waals surface area contributed by atoms with Gasteiger partial charge in [-0.05, 0) is 66.6 Å². The van der Waals surface area contributed by atoms with Gasteiger partial charge in [0, 0.05) is 30.4 Å². The zero-order valence-corrected chi connectivity index (χ0v) is 17.7. The smallest absolute Gasteiger partial charge is 0.407 e. The van der Waals surface area contributed by atoms with E-state index in [1.165, 1.54) is 0 Å². The number of carbonyl (C=O) groups excluding carboxylic acids is 1. The summed E-state index contributed by atoms with van der Waals surface area (Å²) in [7, 11) is 1.80. The number of alkyl carbamates (subject to hydrolysis) is 1. The molecule has 1 aliphatic rings. The molecule has 1 rings (SSSR count). The average Bonchev–Trinajstić information content (AvgIpc) is 2.51. The van der Waals surface area contributed by atoms with E-state index >= 15 is 0 Å². The average molecular weight is 373 g/mol. The van der Waals surface area contributed by atoms with Gasteiger partial charge in [0.2, 0.25) is 0 Å². The van der Waals surface area contributed by atoms with Gasteiger partial charge in [-0.25, -0.2) is 4.79 Å². The molecule has 1 saturated carbocycles. The van der Waals surface area contributed by atoms with Gasteiger partial charge in [-0.1, -0.05) is 0 Å². The zero-order valence-electron chi connectivity index (χ0n) is 16.9. The van der Waals surface area contributed by atoms with Gasteiger partial charge in [-0.2, -0.15) is 11.8 Å². The standard InChI is InChI=1S/C18H36N4O2S/c1-17(2,3)24-16(23)22-14-10-8-13(9-11-14)21-15(19-6)20-12-18(4,5)25-7/h13-14H,8-12H2,1-7H3,(H,22,23)(H2,19,20,21). The third-order valence-electron chi connectivity index (χ3n) is 4.25. The Bertz CT molecular complexity index is 452. The molecule has 0 radical (unpaired) electrons. The van der Waals surface area contributed by atoms with E-state index in [-0.39, 0.29) is 16.9 Å². The van der Waals surface area contributed by atoms with Crippen LogP contribution in [-0.4, -0.2) is 54.3 Å². The minimum Gasteiger partial charge on any atom is -0.444 e. The Morgan fingerprint density at radius 2 is 1.60 bits per heavy atom. The Balaban J connectivity index is 2.35. The predicted molar refractivity (Wildman–Crippen MR) is 108 cm³/mol. The highest BCUT2D eigenvalue weighted by molar-refractivity contribution is 7.99. The molecule has 0 spiro atoms. The lowest BCUT2D eigenvalue weighted by molar-refractivity contribution is 0.0490. The first kappa shape index (κ1) is 21.9. The van der Waals surface area contributed by atoms with Crippen LogP contribution in [0.2, 0.25) is 0 Å². The number of carbonyl (C=O) groups is 1. The molecular formula is C18H36N4O2S. The Hall–Kier alpha value is -1.11. The summed E-state index contributed by atoms with van der Waals surface area (Å²) in [6, 6.07) is 0.582. The normalized spacial score (nSPS) is 22.3. The third-order valence-corrected chi connectivity index (χ3v) is 5.50. The highest BCUT2D eigenvalue weighted by Crippen LogP contribution is 2.21. The summed E-state index contributed by atoms with van der Waals surface area (Å²) in [6.07, 6.45) is 5.71. The number of ether oxygens (including phenoxy) is 1. The molecule has 0 aromatic heterocycles. The fourth-order valence-corrected chi connectivity index (χ4v) is 2.83. The van der Waals surface area contributed by atoms with Crippen LogP contribution < -0.4 is 16.0 Å². The minimum atomic E-state index is -0.453. The Labute approximate surface area is 157 Å². The molecule has 0 aliphatic heterocycles. The summed E-state index contributed by atoms with van der Waals surface area (Å²) in [4.78, 5) is 16.2. The molecule has 6 nitrogen and oxygen atoms in total. The molecule has 0 atom stereocenters. The van der Waals surface area contributed by atoms with E-state index in [1.54, 1.807) is 7.05 Å². The van der Waals surface area contributed by atoms with Gasteiger partial charge >= 0.3 is 6.09 Å². The summed E-state index contributed by atoms with van der Waals surface area (Å²) < 4.78 is 5.50. The van der Waals surface area contributed by atoms with Crippen molar-refractivity contribution in [3.63, 3.8) is 0 Å². The predicted octanol–water partition coefficient (Wildman–Crippen LogP) is 3.13. The van der Waals surface area contributed by atoms with Crippen molar-refractivity contribution in [1.82, 2.24) is 16.0 Å². The summed E-state index contributed by atoms with van der Waals surface area (Å²) in [6.45, 7) is 10.9. The van der Waals surface area contributed by atoms with Crippen molar-refractivity contribution in [2.75, 3.05) is 19.8 Å². The Morgan fingerprint density at radius 1 is 1.08 bits per heavy atom. The summed E-state index contributed by atoms with van der Waals surface area (Å²) in [5.74, 6) is 0.852. The van der Waals surface area contributed by atoms with Crippen molar-refractivity contribution in [3.05, 3.63) is 0 Å². The van der Waals surface area contributed by atoms with Crippen LogP contribution in [-0.2, 0) is 4.74 Å². The molecule has 3 N–H and O–H groups in total. The number of amides is 1. The molecule has 25 heavy (non-hydrogen) atoms. The van der Waals surface area contributed by atoms with Gasteiger partial charge in [0.05, 0.1) is 0 Å². The number of rotatable bonds is 5. The number of nitrogens with one attached hydrogen (secondary N) is 3. The fraction of sp³-hybridized carbons (Fsp3) is 0.889. The molecule has 1 aliphatic carbocycles. The van der Waals surface area contributed by atoms with Crippen molar-refractivity contribution in [2.24, 2.45) is 4.99 Å². The van der Waals surface area contributed by atoms with E-state index in [9.17, 15) is 4.79 Å². The van der Waals surface area contributed by atoms with Crippen molar-refractivity contribution in [1.29, 1.82) is 0 Å². The quantitative estimate of drug-likeness (QED) is 0.511. The largest absolute Gasteiger partial charge is 0.444 e. The lowest BCUT2D eigenvalue weighted by Gasteiger charge is -2.32. The van der Waals surface area contributed by atoms with Crippen molar-refractivity contribution < 1.29 is 9.53 Å². The van der Waals surface area contributed by atoms with E-state index < -0.39 is 5.60 Å². The van der Waals surface area contributed by atoms with Gasteiger partial charge in [0.25, 0.3) is 0 Å². The van der Waals surface area contributed by atoms with E-state index in [0.29, 0.717) is 6.04 Å². The lowest BCUT2D eigenvalue weighted by Crippen LogP contribution is -2.49. The van der Waals surface area contributed by atoms with Gasteiger partial charge in [-0.3, -0.25) is 4.99 Å². The minimum absolute atomic E-state index is 0.173. The van der Waals surface area contributed by atoms with Gasteiger partial charge < -0.3 is 20.7 Å². The first-order valence-corrected chi connectivity index (χ1v) is 10.3. The second kappa shape index (κ2) is 9.55. The molecule has 146 valence electrons. The lowest BCUT2D eigenvalue weighted by atomic mass is 9.91.